The van der Waals surface area contributed by atoms with E-state index in [9.17, 15) is 9.59 Å². The highest BCUT2D eigenvalue weighted by Crippen LogP contribution is 2.36. The number of benzene rings is 1. The van der Waals surface area contributed by atoms with Crippen LogP contribution in [0.4, 0.5) is 0 Å². The first-order valence-corrected chi connectivity index (χ1v) is 13.4. The second-order valence-electron chi connectivity index (χ2n) is 10.3. The van der Waals surface area contributed by atoms with Crippen molar-refractivity contribution in [2.45, 2.75) is 70.0 Å². The van der Waals surface area contributed by atoms with Crippen LogP contribution < -0.4 is 10.6 Å². The normalized spacial score (nSPS) is 20.4. The van der Waals surface area contributed by atoms with Gasteiger partial charge in [-0.2, -0.15) is 0 Å². The van der Waals surface area contributed by atoms with Gasteiger partial charge in [0.25, 0.3) is 0 Å². The van der Waals surface area contributed by atoms with Crippen molar-refractivity contribution in [3.05, 3.63) is 60.6 Å². The van der Waals surface area contributed by atoms with Crippen LogP contribution in [0.5, 0.6) is 0 Å². The SMILES string of the molecule is CN[C@@H](C)C(=O)N[C@H](C(=O)N1CCC[C@H]1c1cn2cccc(-c3ccccc3)c2n1)C1CCCCC1. The maximum atomic E-state index is 14.0. The number of aromatic nitrogens is 2. The molecule has 1 saturated carbocycles. The van der Waals surface area contributed by atoms with Gasteiger partial charge in [-0.1, -0.05) is 49.6 Å². The highest BCUT2D eigenvalue weighted by Gasteiger charge is 2.39. The van der Waals surface area contributed by atoms with Crippen LogP contribution in [0.25, 0.3) is 16.8 Å². The molecule has 7 heteroatoms. The summed E-state index contributed by atoms with van der Waals surface area (Å²) in [7, 11) is 1.77. The molecule has 3 aromatic rings. The third-order valence-corrected chi connectivity index (χ3v) is 7.97. The van der Waals surface area contributed by atoms with E-state index in [2.05, 4.69) is 39.4 Å². The molecule has 1 aliphatic carbocycles. The summed E-state index contributed by atoms with van der Waals surface area (Å²) in [5.41, 5.74) is 4.02. The topological polar surface area (TPSA) is 78.7 Å². The fourth-order valence-corrected chi connectivity index (χ4v) is 5.81. The fourth-order valence-electron chi connectivity index (χ4n) is 5.81. The maximum absolute atomic E-state index is 14.0. The van der Waals surface area contributed by atoms with Crippen molar-refractivity contribution in [2.24, 2.45) is 5.92 Å². The van der Waals surface area contributed by atoms with Crippen LogP contribution in [-0.2, 0) is 9.59 Å². The van der Waals surface area contributed by atoms with Crippen LogP contribution in [0.15, 0.2) is 54.9 Å². The Morgan fingerprint density at radius 3 is 2.53 bits per heavy atom. The summed E-state index contributed by atoms with van der Waals surface area (Å²) < 4.78 is 2.06. The first-order chi connectivity index (χ1) is 17.6. The van der Waals surface area contributed by atoms with Crippen LogP contribution in [0.1, 0.15) is 63.6 Å². The summed E-state index contributed by atoms with van der Waals surface area (Å²) in [5, 5.41) is 6.13. The number of likely N-dealkylation sites (N-methyl/N-ethyl adjacent to an activating group) is 1. The van der Waals surface area contributed by atoms with Gasteiger partial charge in [-0.3, -0.25) is 9.59 Å². The summed E-state index contributed by atoms with van der Waals surface area (Å²) in [6.07, 6.45) is 11.3. The zero-order chi connectivity index (χ0) is 25.1. The Hall–Kier alpha value is -3.19. The van der Waals surface area contributed by atoms with Gasteiger partial charge in [0, 0.05) is 24.5 Å². The molecule has 36 heavy (non-hydrogen) atoms. The molecular formula is C29H37N5O2. The quantitative estimate of drug-likeness (QED) is 0.520. The highest BCUT2D eigenvalue weighted by molar-refractivity contribution is 5.90. The van der Waals surface area contributed by atoms with Crippen LogP contribution in [0.2, 0.25) is 0 Å². The van der Waals surface area contributed by atoms with Crippen molar-refractivity contribution in [3.63, 3.8) is 0 Å². The van der Waals surface area contributed by atoms with E-state index in [1.165, 1.54) is 6.42 Å². The predicted octanol–water partition coefficient (Wildman–Crippen LogP) is 4.34. The number of fused-ring (bicyclic) bond motifs is 1. The summed E-state index contributed by atoms with van der Waals surface area (Å²) in [6.45, 7) is 2.53. The Kier molecular flexibility index (Phi) is 7.37. The number of carbonyl (C=O) groups excluding carboxylic acids is 2. The van der Waals surface area contributed by atoms with Gasteiger partial charge in [-0.15, -0.1) is 0 Å². The number of hydrogen-bond acceptors (Lipinski definition) is 4. The standard InChI is InChI=1S/C29H37N5O2/c1-20(30-2)28(35)32-26(22-13-7-4-8-14-22)29(36)34-18-10-16-25(34)24-19-33-17-9-15-23(27(33)31-24)21-11-5-3-6-12-21/h3,5-6,9,11-12,15,17,19-20,22,25-26,30H,4,7-8,10,13-14,16,18H2,1-2H3,(H,32,35)/t20-,25-,26-/m0/s1. The van der Waals surface area contributed by atoms with Gasteiger partial charge >= 0.3 is 0 Å². The van der Waals surface area contributed by atoms with E-state index < -0.39 is 6.04 Å². The van der Waals surface area contributed by atoms with E-state index in [1.54, 1.807) is 7.05 Å². The molecule has 7 nitrogen and oxygen atoms in total. The van der Waals surface area contributed by atoms with Crippen molar-refractivity contribution >= 4 is 17.5 Å². The number of likely N-dealkylation sites (tertiary alicyclic amines) is 1. The van der Waals surface area contributed by atoms with E-state index in [-0.39, 0.29) is 29.8 Å². The van der Waals surface area contributed by atoms with Crippen LogP contribution in [0.3, 0.4) is 0 Å². The second-order valence-corrected chi connectivity index (χ2v) is 10.3. The number of rotatable bonds is 7. The molecule has 0 bridgehead atoms. The molecule has 1 aliphatic heterocycles. The number of carbonyl (C=O) groups is 2. The Morgan fingerprint density at radius 1 is 1.00 bits per heavy atom. The Bertz CT molecular complexity index is 1200. The molecule has 0 spiro atoms. The number of pyridine rings is 1. The van der Waals surface area contributed by atoms with Gasteiger partial charge in [0.1, 0.15) is 11.7 Å². The zero-order valence-corrected chi connectivity index (χ0v) is 21.3. The van der Waals surface area contributed by atoms with Gasteiger partial charge in [0.05, 0.1) is 17.8 Å². The number of nitrogens with zero attached hydrogens (tertiary/aromatic N) is 3. The Balaban J connectivity index is 1.44. The molecule has 3 heterocycles. The molecule has 2 aliphatic rings. The van der Waals surface area contributed by atoms with Gasteiger partial charge in [0.15, 0.2) is 0 Å². The van der Waals surface area contributed by atoms with Crippen molar-refractivity contribution in [2.75, 3.05) is 13.6 Å². The first kappa shape index (κ1) is 24.5. The number of imidazole rings is 1. The van der Waals surface area contributed by atoms with Gasteiger partial charge in [-0.05, 0) is 63.3 Å². The van der Waals surface area contributed by atoms with Crippen LogP contribution >= 0.6 is 0 Å². The third-order valence-electron chi connectivity index (χ3n) is 7.97. The largest absolute Gasteiger partial charge is 0.343 e. The molecule has 1 saturated heterocycles. The lowest BCUT2D eigenvalue weighted by atomic mass is 9.83. The smallest absolute Gasteiger partial charge is 0.246 e. The van der Waals surface area contributed by atoms with E-state index in [1.807, 2.05) is 42.3 Å². The van der Waals surface area contributed by atoms with E-state index >= 15 is 0 Å². The van der Waals surface area contributed by atoms with E-state index in [0.29, 0.717) is 6.54 Å². The molecule has 0 unspecified atom stereocenters. The lowest BCUT2D eigenvalue weighted by molar-refractivity contribution is -0.139. The molecule has 2 amide bonds. The minimum atomic E-state index is -0.480. The fraction of sp³-hybridized carbons (Fsp3) is 0.483. The van der Waals surface area contributed by atoms with Gasteiger partial charge in [-0.25, -0.2) is 4.98 Å². The maximum Gasteiger partial charge on any atom is 0.246 e. The van der Waals surface area contributed by atoms with Crippen molar-refractivity contribution < 1.29 is 9.59 Å². The molecule has 2 N–H and O–H groups in total. The molecule has 3 atom stereocenters. The predicted molar refractivity (Wildman–Crippen MR) is 141 cm³/mol. The number of hydrogen-bond donors (Lipinski definition) is 2. The minimum Gasteiger partial charge on any atom is -0.343 e. The molecule has 5 rings (SSSR count). The highest BCUT2D eigenvalue weighted by atomic mass is 16.2. The lowest BCUT2D eigenvalue weighted by Gasteiger charge is -2.35. The zero-order valence-electron chi connectivity index (χ0n) is 21.3. The third kappa shape index (κ3) is 4.89. The molecule has 190 valence electrons. The van der Waals surface area contributed by atoms with Crippen molar-refractivity contribution in [3.8, 4) is 11.1 Å². The molecular weight excluding hydrogens is 450 g/mol. The Morgan fingerprint density at radius 2 is 1.78 bits per heavy atom. The van der Waals surface area contributed by atoms with Crippen LogP contribution in [-0.4, -0.2) is 51.8 Å². The number of amides is 2. The summed E-state index contributed by atoms with van der Waals surface area (Å²) in [6, 6.07) is 13.5. The van der Waals surface area contributed by atoms with E-state index in [4.69, 9.17) is 4.98 Å². The average Bonchev–Trinajstić information content (AvgIpc) is 3.59. The average molecular weight is 488 g/mol. The van der Waals surface area contributed by atoms with Gasteiger partial charge < -0.3 is 19.9 Å². The summed E-state index contributed by atoms with van der Waals surface area (Å²) in [4.78, 5) is 33.9. The summed E-state index contributed by atoms with van der Waals surface area (Å²) in [5.74, 6) is 0.116. The van der Waals surface area contributed by atoms with Crippen molar-refractivity contribution in [1.82, 2.24) is 24.9 Å². The Labute approximate surface area is 213 Å². The lowest BCUT2D eigenvalue weighted by Crippen LogP contribution is -2.55. The number of nitrogens with one attached hydrogen (secondary N) is 2. The summed E-state index contributed by atoms with van der Waals surface area (Å²) >= 11 is 0. The van der Waals surface area contributed by atoms with E-state index in [0.717, 1.165) is 61.0 Å². The second kappa shape index (κ2) is 10.8. The molecule has 1 aromatic carbocycles. The molecule has 2 fully saturated rings. The first-order valence-electron chi connectivity index (χ1n) is 13.4. The molecule has 2 aromatic heterocycles. The van der Waals surface area contributed by atoms with Gasteiger partial charge in [0.2, 0.25) is 11.8 Å². The minimum absolute atomic E-state index is 0.0430. The monoisotopic (exact) mass is 487 g/mol. The van der Waals surface area contributed by atoms with Crippen molar-refractivity contribution in [1.29, 1.82) is 0 Å². The van der Waals surface area contributed by atoms with Crippen LogP contribution in [0, 0.1) is 5.92 Å². The molecule has 0 radical (unpaired) electrons.